The van der Waals surface area contributed by atoms with Gasteiger partial charge in [-0.1, -0.05) is 18.2 Å². The van der Waals surface area contributed by atoms with Crippen molar-refractivity contribution in [3.8, 4) is 5.75 Å². The van der Waals surface area contributed by atoms with E-state index in [4.69, 9.17) is 9.57 Å². The standard InChI is InChI=1S/C18H18N2O4/c1-13(19-15-8-10-16(23-2)11-9-15)12-17(21)24-20-18(22)14-6-4-3-5-7-14/h3-12,19H,1-2H3,(H,20,22)/b13-12-. The fourth-order valence-electron chi connectivity index (χ4n) is 1.89. The van der Waals surface area contributed by atoms with Crippen LogP contribution in [0.4, 0.5) is 5.69 Å². The van der Waals surface area contributed by atoms with Gasteiger partial charge in [0.25, 0.3) is 5.91 Å². The summed E-state index contributed by atoms with van der Waals surface area (Å²) in [6.07, 6.45) is 1.25. The van der Waals surface area contributed by atoms with E-state index in [-0.39, 0.29) is 0 Å². The number of amides is 1. The predicted molar refractivity (Wildman–Crippen MR) is 90.4 cm³/mol. The van der Waals surface area contributed by atoms with Crippen molar-refractivity contribution in [3.05, 3.63) is 71.9 Å². The molecule has 0 saturated heterocycles. The second kappa shape index (κ2) is 8.38. The number of carbonyl (C=O) groups is 2. The van der Waals surface area contributed by atoms with Gasteiger partial charge < -0.3 is 14.9 Å². The van der Waals surface area contributed by atoms with Gasteiger partial charge >= 0.3 is 5.97 Å². The Morgan fingerprint density at radius 2 is 1.67 bits per heavy atom. The zero-order valence-electron chi connectivity index (χ0n) is 13.4. The van der Waals surface area contributed by atoms with E-state index in [9.17, 15) is 9.59 Å². The largest absolute Gasteiger partial charge is 0.497 e. The molecule has 0 aliphatic carbocycles. The molecule has 2 aromatic rings. The molecule has 0 fully saturated rings. The Labute approximate surface area is 140 Å². The van der Waals surface area contributed by atoms with E-state index in [0.717, 1.165) is 11.4 Å². The zero-order valence-corrected chi connectivity index (χ0v) is 13.4. The van der Waals surface area contributed by atoms with Gasteiger partial charge in [0.1, 0.15) is 5.75 Å². The molecular weight excluding hydrogens is 308 g/mol. The molecule has 0 aromatic heterocycles. The number of hydrogen-bond donors (Lipinski definition) is 2. The van der Waals surface area contributed by atoms with Gasteiger partial charge in [0, 0.05) is 23.0 Å². The van der Waals surface area contributed by atoms with Crippen LogP contribution >= 0.6 is 0 Å². The molecule has 124 valence electrons. The number of anilines is 1. The van der Waals surface area contributed by atoms with Crippen LogP contribution in [0.25, 0.3) is 0 Å². The fraction of sp³-hybridized carbons (Fsp3) is 0.111. The minimum atomic E-state index is -0.683. The third-order valence-corrected chi connectivity index (χ3v) is 3.05. The highest BCUT2D eigenvalue weighted by Crippen LogP contribution is 2.16. The van der Waals surface area contributed by atoms with Gasteiger partial charge in [0.15, 0.2) is 0 Å². The first-order chi connectivity index (χ1) is 11.6. The second-order valence-electron chi connectivity index (χ2n) is 4.90. The average molecular weight is 326 g/mol. The number of ether oxygens (including phenoxy) is 1. The Hall–Kier alpha value is -3.28. The van der Waals surface area contributed by atoms with Crippen molar-refractivity contribution in [3.63, 3.8) is 0 Å². The molecule has 24 heavy (non-hydrogen) atoms. The number of rotatable bonds is 5. The minimum Gasteiger partial charge on any atom is -0.497 e. The summed E-state index contributed by atoms with van der Waals surface area (Å²) in [7, 11) is 1.59. The summed E-state index contributed by atoms with van der Waals surface area (Å²) in [4.78, 5) is 28.2. The van der Waals surface area contributed by atoms with Crippen molar-refractivity contribution >= 4 is 17.6 Å². The highest BCUT2D eigenvalue weighted by Gasteiger charge is 2.07. The highest BCUT2D eigenvalue weighted by molar-refractivity contribution is 5.94. The van der Waals surface area contributed by atoms with Crippen molar-refractivity contribution in [1.29, 1.82) is 0 Å². The summed E-state index contributed by atoms with van der Waals surface area (Å²) < 4.78 is 5.07. The van der Waals surface area contributed by atoms with Crippen molar-refractivity contribution in [2.75, 3.05) is 12.4 Å². The molecule has 2 aromatic carbocycles. The van der Waals surface area contributed by atoms with Crippen LogP contribution in [0.5, 0.6) is 5.75 Å². The summed E-state index contributed by atoms with van der Waals surface area (Å²) >= 11 is 0. The first kappa shape index (κ1) is 17.1. The molecular formula is C18H18N2O4. The molecule has 6 nitrogen and oxygen atoms in total. The predicted octanol–water partition coefficient (Wildman–Crippen LogP) is 2.90. The maximum absolute atomic E-state index is 11.7. The van der Waals surface area contributed by atoms with Crippen LogP contribution in [-0.4, -0.2) is 19.0 Å². The molecule has 0 bridgehead atoms. The number of hydroxylamine groups is 1. The number of carbonyl (C=O) groups excluding carboxylic acids is 2. The van der Waals surface area contributed by atoms with Gasteiger partial charge in [-0.05, 0) is 43.3 Å². The molecule has 2 N–H and O–H groups in total. The number of methoxy groups -OCH3 is 1. The van der Waals surface area contributed by atoms with Crippen molar-refractivity contribution in [1.82, 2.24) is 5.48 Å². The van der Waals surface area contributed by atoms with Gasteiger partial charge in [0.05, 0.1) is 7.11 Å². The molecule has 0 saturated carbocycles. The van der Waals surface area contributed by atoms with Crippen molar-refractivity contribution in [2.45, 2.75) is 6.92 Å². The van der Waals surface area contributed by atoms with Crippen LogP contribution in [0.15, 0.2) is 66.4 Å². The molecule has 0 unspecified atom stereocenters. The molecule has 0 heterocycles. The maximum atomic E-state index is 11.7. The van der Waals surface area contributed by atoms with E-state index >= 15 is 0 Å². The lowest BCUT2D eigenvalue weighted by Gasteiger charge is -2.08. The van der Waals surface area contributed by atoms with Gasteiger partial charge in [-0.3, -0.25) is 4.79 Å². The van der Waals surface area contributed by atoms with Crippen LogP contribution in [0.2, 0.25) is 0 Å². The van der Waals surface area contributed by atoms with E-state index in [1.165, 1.54) is 6.08 Å². The van der Waals surface area contributed by atoms with E-state index < -0.39 is 11.9 Å². The van der Waals surface area contributed by atoms with Crippen LogP contribution in [0.3, 0.4) is 0 Å². The van der Waals surface area contributed by atoms with Crippen LogP contribution in [-0.2, 0) is 9.63 Å². The highest BCUT2D eigenvalue weighted by atomic mass is 16.7. The SMILES string of the molecule is COc1ccc(N/C(C)=C\C(=O)ONC(=O)c2ccccc2)cc1. The Balaban J connectivity index is 1.85. The molecule has 1 amide bonds. The maximum Gasteiger partial charge on any atom is 0.357 e. The summed E-state index contributed by atoms with van der Waals surface area (Å²) in [6.45, 7) is 1.71. The van der Waals surface area contributed by atoms with Crippen LogP contribution in [0, 0.1) is 0 Å². The lowest BCUT2D eigenvalue weighted by Crippen LogP contribution is -2.26. The summed E-state index contributed by atoms with van der Waals surface area (Å²) in [6, 6.07) is 15.7. The smallest absolute Gasteiger partial charge is 0.357 e. The Kier molecular flexibility index (Phi) is 5.96. The molecule has 6 heteroatoms. The molecule has 0 aliphatic heterocycles. The first-order valence-corrected chi connectivity index (χ1v) is 7.24. The number of allylic oxidation sites excluding steroid dienone is 1. The quantitative estimate of drug-likeness (QED) is 0.652. The first-order valence-electron chi connectivity index (χ1n) is 7.24. The summed E-state index contributed by atoms with van der Waals surface area (Å²) in [5, 5.41) is 3.04. The van der Waals surface area contributed by atoms with Crippen LogP contribution in [0.1, 0.15) is 17.3 Å². The van der Waals surface area contributed by atoms with Crippen molar-refractivity contribution in [2.24, 2.45) is 0 Å². The van der Waals surface area contributed by atoms with Gasteiger partial charge in [-0.15, -0.1) is 0 Å². The summed E-state index contributed by atoms with van der Waals surface area (Å²) in [5.74, 6) is -0.430. The van der Waals surface area contributed by atoms with Gasteiger partial charge in [-0.25, -0.2) is 4.79 Å². The number of benzene rings is 2. The Bertz CT molecular complexity index is 724. The lowest BCUT2D eigenvalue weighted by atomic mass is 10.2. The monoisotopic (exact) mass is 326 g/mol. The van der Waals surface area contributed by atoms with Crippen molar-refractivity contribution < 1.29 is 19.2 Å². The minimum absolute atomic E-state index is 0.405. The van der Waals surface area contributed by atoms with E-state index in [0.29, 0.717) is 11.3 Å². The summed E-state index contributed by atoms with van der Waals surface area (Å²) in [5.41, 5.74) is 3.88. The zero-order chi connectivity index (χ0) is 17.4. The average Bonchev–Trinajstić information content (AvgIpc) is 2.61. The third kappa shape index (κ3) is 5.17. The normalized spacial score (nSPS) is 10.7. The second-order valence-corrected chi connectivity index (χ2v) is 4.90. The molecule has 0 radical (unpaired) electrons. The molecule has 0 spiro atoms. The van der Waals surface area contributed by atoms with E-state index in [1.54, 1.807) is 56.5 Å². The van der Waals surface area contributed by atoms with Gasteiger partial charge in [-0.2, -0.15) is 5.48 Å². The molecule has 2 rings (SSSR count). The molecule has 0 aliphatic rings. The number of hydrogen-bond acceptors (Lipinski definition) is 5. The Morgan fingerprint density at radius 1 is 1.00 bits per heavy atom. The van der Waals surface area contributed by atoms with E-state index in [1.807, 2.05) is 12.1 Å². The fourth-order valence-corrected chi connectivity index (χ4v) is 1.89. The Morgan fingerprint density at radius 3 is 2.29 bits per heavy atom. The third-order valence-electron chi connectivity index (χ3n) is 3.05. The van der Waals surface area contributed by atoms with Crippen LogP contribution < -0.4 is 15.5 Å². The topological polar surface area (TPSA) is 76.7 Å². The van der Waals surface area contributed by atoms with Gasteiger partial charge in [0.2, 0.25) is 0 Å². The van der Waals surface area contributed by atoms with E-state index in [2.05, 4.69) is 10.8 Å². The molecule has 0 atom stereocenters. The number of nitrogens with one attached hydrogen (secondary N) is 2. The lowest BCUT2D eigenvalue weighted by molar-refractivity contribution is -0.142.